The van der Waals surface area contributed by atoms with Gasteiger partial charge in [0, 0.05) is 6.07 Å². The van der Waals surface area contributed by atoms with E-state index in [4.69, 9.17) is 0 Å². The Morgan fingerprint density at radius 2 is 2.00 bits per heavy atom. The van der Waals surface area contributed by atoms with Crippen molar-refractivity contribution in [3.8, 4) is 0 Å². The van der Waals surface area contributed by atoms with Crippen molar-refractivity contribution in [2.75, 3.05) is 5.32 Å². The number of para-hydroxylation sites is 1. The molecule has 1 atom stereocenters. The van der Waals surface area contributed by atoms with Crippen LogP contribution in [0.4, 0.5) is 14.5 Å². The van der Waals surface area contributed by atoms with Gasteiger partial charge in [0.2, 0.25) is 5.91 Å². The van der Waals surface area contributed by atoms with E-state index in [0.717, 1.165) is 12.1 Å². The van der Waals surface area contributed by atoms with Gasteiger partial charge in [-0.05, 0) is 30.7 Å². The van der Waals surface area contributed by atoms with Crippen LogP contribution in [0.25, 0.3) is 10.9 Å². The van der Waals surface area contributed by atoms with Gasteiger partial charge in [0.1, 0.15) is 17.7 Å². The molecule has 0 aliphatic rings. The molecule has 1 heterocycles. The maximum absolute atomic E-state index is 13.7. The first-order valence-electron chi connectivity index (χ1n) is 7.73. The standard InChI is InChI=1S/C18H15F2N3O2/c1-2-16(17(24)22-15-8-7-11(19)9-13(15)20)23-10-21-14-6-4-3-5-12(14)18(23)25/h3-10,16H,2H2,1H3,(H,22,24)/t16-/m1/s1. The smallest absolute Gasteiger partial charge is 0.261 e. The molecule has 0 unspecified atom stereocenters. The number of halogens is 2. The first-order chi connectivity index (χ1) is 12.0. The Morgan fingerprint density at radius 1 is 1.24 bits per heavy atom. The monoisotopic (exact) mass is 343 g/mol. The third-order valence-electron chi connectivity index (χ3n) is 3.90. The lowest BCUT2D eigenvalue weighted by molar-refractivity contribution is -0.119. The van der Waals surface area contributed by atoms with E-state index in [1.54, 1.807) is 31.2 Å². The molecule has 0 aliphatic heterocycles. The van der Waals surface area contributed by atoms with Crippen molar-refractivity contribution in [3.63, 3.8) is 0 Å². The van der Waals surface area contributed by atoms with Crippen molar-refractivity contribution >= 4 is 22.5 Å². The Morgan fingerprint density at radius 3 is 2.72 bits per heavy atom. The summed E-state index contributed by atoms with van der Waals surface area (Å²) >= 11 is 0. The van der Waals surface area contributed by atoms with E-state index in [2.05, 4.69) is 10.3 Å². The highest BCUT2D eigenvalue weighted by Gasteiger charge is 2.22. The second-order valence-electron chi connectivity index (χ2n) is 5.51. The second-order valence-corrected chi connectivity index (χ2v) is 5.51. The number of aromatic nitrogens is 2. The van der Waals surface area contributed by atoms with Crippen molar-refractivity contribution in [1.82, 2.24) is 9.55 Å². The van der Waals surface area contributed by atoms with Gasteiger partial charge in [0.15, 0.2) is 0 Å². The van der Waals surface area contributed by atoms with Crippen LogP contribution in [0.5, 0.6) is 0 Å². The van der Waals surface area contributed by atoms with Gasteiger partial charge in [-0.2, -0.15) is 0 Å². The summed E-state index contributed by atoms with van der Waals surface area (Å²) < 4.78 is 27.9. The number of hydrogen-bond donors (Lipinski definition) is 1. The molecular formula is C18H15F2N3O2. The minimum absolute atomic E-state index is 0.147. The van der Waals surface area contributed by atoms with Crippen LogP contribution in [0.15, 0.2) is 53.6 Å². The number of hydrogen-bond acceptors (Lipinski definition) is 3. The summed E-state index contributed by atoms with van der Waals surface area (Å²) in [4.78, 5) is 29.3. The number of nitrogens with one attached hydrogen (secondary N) is 1. The summed E-state index contributed by atoms with van der Waals surface area (Å²) in [5.41, 5.74) is 0.0300. The molecule has 25 heavy (non-hydrogen) atoms. The van der Waals surface area contributed by atoms with Gasteiger partial charge < -0.3 is 5.32 Å². The van der Waals surface area contributed by atoms with Crippen molar-refractivity contribution in [3.05, 3.63) is 70.8 Å². The van der Waals surface area contributed by atoms with Gasteiger partial charge in [-0.25, -0.2) is 13.8 Å². The third-order valence-corrected chi connectivity index (χ3v) is 3.90. The number of rotatable bonds is 4. The number of carbonyl (C=O) groups is 1. The summed E-state index contributed by atoms with van der Waals surface area (Å²) in [6.45, 7) is 1.73. The van der Waals surface area contributed by atoms with Gasteiger partial charge in [0.25, 0.3) is 5.56 Å². The first-order valence-corrected chi connectivity index (χ1v) is 7.73. The summed E-state index contributed by atoms with van der Waals surface area (Å²) in [7, 11) is 0. The zero-order valence-electron chi connectivity index (χ0n) is 13.4. The summed E-state index contributed by atoms with van der Waals surface area (Å²) in [5, 5.41) is 2.79. The van der Waals surface area contributed by atoms with Gasteiger partial charge >= 0.3 is 0 Å². The highest BCUT2D eigenvalue weighted by Crippen LogP contribution is 2.18. The molecule has 0 aliphatic carbocycles. The summed E-state index contributed by atoms with van der Waals surface area (Å²) in [6, 6.07) is 8.81. The maximum Gasteiger partial charge on any atom is 0.261 e. The quantitative estimate of drug-likeness (QED) is 0.791. The van der Waals surface area contributed by atoms with E-state index >= 15 is 0 Å². The number of carbonyl (C=O) groups excluding carboxylic acids is 1. The van der Waals surface area contributed by atoms with E-state index in [0.29, 0.717) is 23.4 Å². The van der Waals surface area contributed by atoms with Gasteiger partial charge in [-0.15, -0.1) is 0 Å². The molecule has 3 aromatic rings. The number of amides is 1. The molecule has 0 radical (unpaired) electrons. The van der Waals surface area contributed by atoms with Crippen LogP contribution < -0.4 is 10.9 Å². The summed E-state index contributed by atoms with van der Waals surface area (Å²) in [6.07, 6.45) is 1.61. The number of benzene rings is 2. The molecule has 128 valence electrons. The van der Waals surface area contributed by atoms with Crippen molar-refractivity contribution in [2.24, 2.45) is 0 Å². The van der Waals surface area contributed by atoms with E-state index < -0.39 is 23.6 Å². The molecule has 3 rings (SSSR count). The van der Waals surface area contributed by atoms with E-state index in [9.17, 15) is 18.4 Å². The molecular weight excluding hydrogens is 328 g/mol. The van der Waals surface area contributed by atoms with Crippen LogP contribution in [0, 0.1) is 11.6 Å². The lowest BCUT2D eigenvalue weighted by Crippen LogP contribution is -2.33. The van der Waals surface area contributed by atoms with Crippen LogP contribution in [-0.2, 0) is 4.79 Å². The van der Waals surface area contributed by atoms with Crippen LogP contribution in [-0.4, -0.2) is 15.5 Å². The molecule has 5 nitrogen and oxygen atoms in total. The van der Waals surface area contributed by atoms with Crippen LogP contribution in [0.1, 0.15) is 19.4 Å². The fourth-order valence-corrected chi connectivity index (χ4v) is 2.62. The molecule has 7 heteroatoms. The van der Waals surface area contributed by atoms with E-state index in [-0.39, 0.29) is 11.2 Å². The van der Waals surface area contributed by atoms with Gasteiger partial charge in [0.05, 0.1) is 22.9 Å². The molecule has 0 saturated carbocycles. The highest BCUT2D eigenvalue weighted by atomic mass is 19.1. The van der Waals surface area contributed by atoms with E-state index in [1.807, 2.05) is 0 Å². The fourth-order valence-electron chi connectivity index (χ4n) is 2.62. The Hall–Kier alpha value is -3.09. The first kappa shape index (κ1) is 16.8. The third kappa shape index (κ3) is 3.26. The normalized spacial score (nSPS) is 12.1. The largest absolute Gasteiger partial charge is 0.322 e. The lowest BCUT2D eigenvalue weighted by atomic mass is 10.1. The number of nitrogens with zero attached hydrogens (tertiary/aromatic N) is 2. The molecule has 1 N–H and O–H groups in total. The highest BCUT2D eigenvalue weighted by molar-refractivity contribution is 5.94. The average Bonchev–Trinajstić information content (AvgIpc) is 2.60. The predicted octanol–water partition coefficient (Wildman–Crippen LogP) is 3.26. The Balaban J connectivity index is 1.95. The Bertz CT molecular complexity index is 1000. The van der Waals surface area contributed by atoms with Gasteiger partial charge in [-0.1, -0.05) is 19.1 Å². The minimum Gasteiger partial charge on any atom is -0.322 e. The zero-order valence-corrected chi connectivity index (χ0v) is 13.4. The van der Waals surface area contributed by atoms with Crippen molar-refractivity contribution in [2.45, 2.75) is 19.4 Å². The summed E-state index contributed by atoms with van der Waals surface area (Å²) in [5.74, 6) is -2.20. The molecule has 0 fully saturated rings. The minimum atomic E-state index is -0.882. The number of fused-ring (bicyclic) bond motifs is 1. The molecule has 1 amide bonds. The van der Waals surface area contributed by atoms with E-state index in [1.165, 1.54) is 10.9 Å². The fraction of sp³-hybridized carbons (Fsp3) is 0.167. The molecule has 0 saturated heterocycles. The maximum atomic E-state index is 13.7. The molecule has 0 spiro atoms. The van der Waals surface area contributed by atoms with Crippen molar-refractivity contribution < 1.29 is 13.6 Å². The molecule has 0 bridgehead atoms. The lowest BCUT2D eigenvalue weighted by Gasteiger charge is -2.18. The zero-order chi connectivity index (χ0) is 18.0. The van der Waals surface area contributed by atoms with Crippen LogP contribution in [0.3, 0.4) is 0 Å². The van der Waals surface area contributed by atoms with Crippen LogP contribution in [0.2, 0.25) is 0 Å². The second kappa shape index (κ2) is 6.80. The molecule has 2 aromatic carbocycles. The Kier molecular flexibility index (Phi) is 4.56. The SMILES string of the molecule is CC[C@H](C(=O)Nc1ccc(F)cc1F)n1cnc2ccccc2c1=O. The van der Waals surface area contributed by atoms with Crippen LogP contribution >= 0.6 is 0 Å². The topological polar surface area (TPSA) is 64.0 Å². The van der Waals surface area contributed by atoms with Gasteiger partial charge in [-0.3, -0.25) is 14.2 Å². The molecule has 1 aromatic heterocycles. The average molecular weight is 343 g/mol. The predicted molar refractivity (Wildman–Crippen MR) is 90.3 cm³/mol. The Labute approximate surface area is 141 Å². The number of anilines is 1. The van der Waals surface area contributed by atoms with Crippen molar-refractivity contribution in [1.29, 1.82) is 0 Å².